The van der Waals surface area contributed by atoms with Crippen LogP contribution in [0, 0.1) is 5.92 Å². The lowest BCUT2D eigenvalue weighted by molar-refractivity contribution is 0.0760. The fourth-order valence-corrected chi connectivity index (χ4v) is 4.37. The molecule has 2 aromatic rings. The third-order valence-electron chi connectivity index (χ3n) is 5.00. The summed E-state index contributed by atoms with van der Waals surface area (Å²) in [6.07, 6.45) is 3.10. The largest absolute Gasteiger partial charge is 0.339 e. The van der Waals surface area contributed by atoms with Crippen LogP contribution in [0.15, 0.2) is 59.5 Å². The molecule has 1 heterocycles. The maximum Gasteiger partial charge on any atom is 0.253 e. The van der Waals surface area contributed by atoms with E-state index in [2.05, 4.69) is 11.6 Å². The fourth-order valence-electron chi connectivity index (χ4n) is 3.30. The summed E-state index contributed by atoms with van der Waals surface area (Å²) in [5.74, 6) is 0.529. The molecule has 0 aromatic heterocycles. The van der Waals surface area contributed by atoms with E-state index in [4.69, 9.17) is 0 Å². The van der Waals surface area contributed by atoms with Gasteiger partial charge in [0.15, 0.2) is 0 Å². The summed E-state index contributed by atoms with van der Waals surface area (Å²) >= 11 is 0. The number of benzene rings is 2. The van der Waals surface area contributed by atoms with Gasteiger partial charge in [-0.1, -0.05) is 43.3 Å². The molecule has 1 N–H and O–H groups in total. The van der Waals surface area contributed by atoms with Crippen LogP contribution in [-0.4, -0.2) is 32.3 Å². The van der Waals surface area contributed by atoms with Crippen molar-refractivity contribution in [3.8, 4) is 0 Å². The van der Waals surface area contributed by atoms with Crippen molar-refractivity contribution in [1.29, 1.82) is 0 Å². The second kappa shape index (κ2) is 8.67. The van der Waals surface area contributed by atoms with Crippen LogP contribution in [0.5, 0.6) is 0 Å². The Morgan fingerprint density at radius 1 is 1.07 bits per heavy atom. The van der Waals surface area contributed by atoms with Gasteiger partial charge in [-0.3, -0.25) is 4.79 Å². The van der Waals surface area contributed by atoms with Crippen LogP contribution in [0.1, 0.15) is 42.1 Å². The number of rotatable bonds is 5. The van der Waals surface area contributed by atoms with Crippen LogP contribution in [0.4, 0.5) is 0 Å². The van der Waals surface area contributed by atoms with Gasteiger partial charge in [0.2, 0.25) is 10.0 Å². The maximum atomic E-state index is 12.8. The van der Waals surface area contributed by atoms with E-state index in [1.54, 1.807) is 12.1 Å². The summed E-state index contributed by atoms with van der Waals surface area (Å²) in [5.41, 5.74) is 1.30. The van der Waals surface area contributed by atoms with Crippen molar-refractivity contribution in [3.05, 3.63) is 65.7 Å². The average molecular weight is 387 g/mol. The third kappa shape index (κ3) is 5.17. The Morgan fingerprint density at radius 2 is 1.85 bits per heavy atom. The fraction of sp³-hybridized carbons (Fsp3) is 0.381. The number of likely N-dealkylation sites (tertiary alicyclic amines) is 1. The number of carbonyl (C=O) groups excluding carboxylic acids is 1. The van der Waals surface area contributed by atoms with Gasteiger partial charge in [-0.05, 0) is 48.9 Å². The molecule has 6 heteroatoms. The highest BCUT2D eigenvalue weighted by molar-refractivity contribution is 7.89. The van der Waals surface area contributed by atoms with Gasteiger partial charge in [-0.25, -0.2) is 13.1 Å². The van der Waals surface area contributed by atoms with Crippen LogP contribution < -0.4 is 4.72 Å². The highest BCUT2D eigenvalue weighted by Crippen LogP contribution is 2.19. The minimum Gasteiger partial charge on any atom is -0.339 e. The monoisotopic (exact) mass is 386 g/mol. The first-order valence-electron chi connectivity index (χ1n) is 9.38. The Bertz CT molecular complexity index is 881. The molecule has 1 unspecified atom stereocenters. The van der Waals surface area contributed by atoms with E-state index in [0.29, 0.717) is 11.5 Å². The molecule has 27 heavy (non-hydrogen) atoms. The van der Waals surface area contributed by atoms with Crippen LogP contribution in [0.25, 0.3) is 0 Å². The lowest BCUT2D eigenvalue weighted by atomic mass is 10.0. The zero-order chi connectivity index (χ0) is 19.3. The smallest absolute Gasteiger partial charge is 0.253 e. The Kier molecular flexibility index (Phi) is 6.29. The first-order valence-corrected chi connectivity index (χ1v) is 10.9. The number of nitrogens with one attached hydrogen (secondary N) is 1. The molecule has 1 atom stereocenters. The molecular formula is C21H26N2O3S. The molecule has 1 saturated heterocycles. The summed E-state index contributed by atoms with van der Waals surface area (Å²) in [4.78, 5) is 14.8. The number of hydrogen-bond donors (Lipinski definition) is 1. The molecule has 144 valence electrons. The predicted molar refractivity (Wildman–Crippen MR) is 106 cm³/mol. The molecule has 1 aliphatic rings. The molecule has 3 rings (SSSR count). The van der Waals surface area contributed by atoms with E-state index in [1.807, 2.05) is 35.2 Å². The van der Waals surface area contributed by atoms with Gasteiger partial charge in [0.1, 0.15) is 0 Å². The van der Waals surface area contributed by atoms with E-state index in [1.165, 1.54) is 12.1 Å². The van der Waals surface area contributed by atoms with Crippen LogP contribution in [0.3, 0.4) is 0 Å². The molecule has 0 saturated carbocycles. The van der Waals surface area contributed by atoms with Crippen molar-refractivity contribution in [2.75, 3.05) is 13.1 Å². The van der Waals surface area contributed by atoms with E-state index in [9.17, 15) is 13.2 Å². The Balaban J connectivity index is 1.73. The first-order chi connectivity index (χ1) is 13.0. The topological polar surface area (TPSA) is 66.5 Å². The second-order valence-electron chi connectivity index (χ2n) is 7.17. The minimum atomic E-state index is -3.68. The van der Waals surface area contributed by atoms with E-state index in [0.717, 1.165) is 37.9 Å². The molecule has 1 fully saturated rings. The van der Waals surface area contributed by atoms with E-state index in [-0.39, 0.29) is 17.3 Å². The van der Waals surface area contributed by atoms with Crippen LogP contribution in [0.2, 0.25) is 0 Å². The number of hydrogen-bond acceptors (Lipinski definition) is 3. The molecule has 1 aliphatic heterocycles. The number of sulfonamides is 1. The van der Waals surface area contributed by atoms with Crippen LogP contribution in [-0.2, 0) is 16.6 Å². The average Bonchev–Trinajstić information content (AvgIpc) is 2.91. The molecule has 0 radical (unpaired) electrons. The van der Waals surface area contributed by atoms with Gasteiger partial charge >= 0.3 is 0 Å². The van der Waals surface area contributed by atoms with Crippen molar-refractivity contribution in [3.63, 3.8) is 0 Å². The zero-order valence-corrected chi connectivity index (χ0v) is 16.4. The predicted octanol–water partition coefficient (Wildman–Crippen LogP) is 3.43. The van der Waals surface area contributed by atoms with Crippen molar-refractivity contribution in [1.82, 2.24) is 9.62 Å². The van der Waals surface area contributed by atoms with Gasteiger partial charge in [-0.2, -0.15) is 0 Å². The number of nitrogens with zero attached hydrogens (tertiary/aromatic N) is 1. The SMILES string of the molecule is CC1CCCN(C(=O)c2cccc(S(=O)(=O)NCc3ccccc3)c2)CC1. The lowest BCUT2D eigenvalue weighted by Gasteiger charge is -2.20. The normalized spacial score (nSPS) is 18.1. The van der Waals surface area contributed by atoms with E-state index >= 15 is 0 Å². The van der Waals surface area contributed by atoms with Crippen molar-refractivity contribution >= 4 is 15.9 Å². The van der Waals surface area contributed by atoms with Crippen molar-refractivity contribution in [2.45, 2.75) is 37.6 Å². The molecule has 0 spiro atoms. The van der Waals surface area contributed by atoms with Gasteiger partial charge in [-0.15, -0.1) is 0 Å². The quantitative estimate of drug-likeness (QED) is 0.856. The van der Waals surface area contributed by atoms with Crippen molar-refractivity contribution < 1.29 is 13.2 Å². The standard InChI is InChI=1S/C21H26N2O3S/c1-17-7-6-13-23(14-12-17)21(24)19-10-5-11-20(15-19)27(25,26)22-16-18-8-3-2-4-9-18/h2-5,8-11,15,17,22H,6-7,12-14,16H2,1H3. The summed E-state index contributed by atoms with van der Waals surface area (Å²) in [6.45, 7) is 3.88. The molecule has 2 aromatic carbocycles. The van der Waals surface area contributed by atoms with Gasteiger partial charge in [0.05, 0.1) is 4.90 Å². The third-order valence-corrected chi connectivity index (χ3v) is 6.40. The molecule has 0 bridgehead atoms. The molecule has 1 amide bonds. The summed E-state index contributed by atoms with van der Waals surface area (Å²) in [7, 11) is -3.68. The molecular weight excluding hydrogens is 360 g/mol. The van der Waals surface area contributed by atoms with E-state index < -0.39 is 10.0 Å². The van der Waals surface area contributed by atoms with Gasteiger partial charge < -0.3 is 4.90 Å². The Hall–Kier alpha value is -2.18. The van der Waals surface area contributed by atoms with Gasteiger partial charge in [0, 0.05) is 25.2 Å². The number of carbonyl (C=O) groups is 1. The summed E-state index contributed by atoms with van der Waals surface area (Å²) in [6, 6.07) is 15.7. The lowest BCUT2D eigenvalue weighted by Crippen LogP contribution is -2.32. The highest BCUT2D eigenvalue weighted by atomic mass is 32.2. The molecule has 5 nitrogen and oxygen atoms in total. The zero-order valence-electron chi connectivity index (χ0n) is 15.6. The molecule has 0 aliphatic carbocycles. The summed E-state index contributed by atoms with van der Waals surface area (Å²) in [5, 5.41) is 0. The van der Waals surface area contributed by atoms with Gasteiger partial charge in [0.25, 0.3) is 5.91 Å². The summed E-state index contributed by atoms with van der Waals surface area (Å²) < 4.78 is 27.8. The highest BCUT2D eigenvalue weighted by Gasteiger charge is 2.22. The van der Waals surface area contributed by atoms with Crippen LogP contribution >= 0.6 is 0 Å². The number of amides is 1. The second-order valence-corrected chi connectivity index (χ2v) is 8.93. The minimum absolute atomic E-state index is 0.0933. The Morgan fingerprint density at radius 3 is 2.63 bits per heavy atom. The first kappa shape index (κ1) is 19.6. The van der Waals surface area contributed by atoms with Crippen molar-refractivity contribution in [2.24, 2.45) is 5.92 Å². The Labute approximate surface area is 161 Å². The maximum absolute atomic E-state index is 12.8.